The number of fused-ring (bicyclic) bond motifs is 1. The highest BCUT2D eigenvalue weighted by Crippen LogP contribution is 2.24. The van der Waals surface area contributed by atoms with E-state index in [1.165, 1.54) is 6.26 Å². The van der Waals surface area contributed by atoms with Crippen molar-refractivity contribution in [1.29, 1.82) is 0 Å². The van der Waals surface area contributed by atoms with Gasteiger partial charge in [0.2, 0.25) is 0 Å². The second kappa shape index (κ2) is 4.22. The van der Waals surface area contributed by atoms with E-state index in [2.05, 4.69) is 15.9 Å². The van der Waals surface area contributed by atoms with E-state index >= 15 is 0 Å². The SMILES string of the molecule is CS(=O)(=O)CCn1ccc2c(Br)cccc21. The van der Waals surface area contributed by atoms with Gasteiger partial charge in [0.15, 0.2) is 0 Å². The summed E-state index contributed by atoms with van der Waals surface area (Å²) in [5.74, 6) is 0.170. The Bertz CT molecular complexity index is 616. The summed E-state index contributed by atoms with van der Waals surface area (Å²) in [6, 6.07) is 7.90. The number of nitrogens with zero attached hydrogens (tertiary/aromatic N) is 1. The first kappa shape index (κ1) is 11.7. The number of benzene rings is 1. The minimum Gasteiger partial charge on any atom is -0.346 e. The van der Waals surface area contributed by atoms with Crippen molar-refractivity contribution in [1.82, 2.24) is 4.57 Å². The van der Waals surface area contributed by atoms with Gasteiger partial charge >= 0.3 is 0 Å². The summed E-state index contributed by atoms with van der Waals surface area (Å²) in [5, 5.41) is 1.11. The minimum absolute atomic E-state index is 0.170. The maximum atomic E-state index is 11.1. The van der Waals surface area contributed by atoms with Gasteiger partial charge in [0, 0.05) is 34.4 Å². The molecule has 16 heavy (non-hydrogen) atoms. The van der Waals surface area contributed by atoms with E-state index in [4.69, 9.17) is 0 Å². The molecule has 1 aromatic carbocycles. The van der Waals surface area contributed by atoms with Crippen LogP contribution in [0.2, 0.25) is 0 Å². The number of sulfone groups is 1. The van der Waals surface area contributed by atoms with Gasteiger partial charge in [-0.2, -0.15) is 0 Å². The first-order valence-corrected chi connectivity index (χ1v) is 7.74. The predicted molar refractivity (Wildman–Crippen MR) is 69.3 cm³/mol. The molecule has 0 unspecified atom stereocenters. The van der Waals surface area contributed by atoms with Gasteiger partial charge in [-0.05, 0) is 18.2 Å². The second-order valence-corrected chi connectivity index (χ2v) is 6.93. The van der Waals surface area contributed by atoms with Crippen LogP contribution >= 0.6 is 15.9 Å². The molecule has 1 heterocycles. The van der Waals surface area contributed by atoms with Crippen LogP contribution in [-0.2, 0) is 16.4 Å². The molecular weight excluding hydrogens is 290 g/mol. The van der Waals surface area contributed by atoms with Gasteiger partial charge in [-0.3, -0.25) is 0 Å². The molecule has 0 aliphatic rings. The highest BCUT2D eigenvalue weighted by Gasteiger charge is 2.06. The molecule has 2 rings (SSSR count). The average molecular weight is 302 g/mol. The molecule has 5 heteroatoms. The standard InChI is InChI=1S/C11H12BrNO2S/c1-16(14,15)8-7-13-6-5-9-10(12)3-2-4-11(9)13/h2-6H,7-8H2,1H3. The molecule has 86 valence electrons. The zero-order valence-corrected chi connectivity index (χ0v) is 11.3. The van der Waals surface area contributed by atoms with Crippen molar-refractivity contribution in [3.05, 3.63) is 34.9 Å². The first-order chi connectivity index (χ1) is 7.47. The van der Waals surface area contributed by atoms with Crippen molar-refractivity contribution in [2.24, 2.45) is 0 Å². The van der Waals surface area contributed by atoms with Crippen molar-refractivity contribution in [3.8, 4) is 0 Å². The van der Waals surface area contributed by atoms with Gasteiger partial charge < -0.3 is 4.57 Å². The Morgan fingerprint density at radius 2 is 2.06 bits per heavy atom. The van der Waals surface area contributed by atoms with Crippen LogP contribution in [-0.4, -0.2) is 25.0 Å². The van der Waals surface area contributed by atoms with E-state index in [1.807, 2.05) is 35.0 Å². The Kier molecular flexibility index (Phi) is 3.08. The molecule has 0 fully saturated rings. The second-order valence-electron chi connectivity index (χ2n) is 3.81. The van der Waals surface area contributed by atoms with Crippen LogP contribution in [0.4, 0.5) is 0 Å². The zero-order valence-electron chi connectivity index (χ0n) is 8.85. The summed E-state index contributed by atoms with van der Waals surface area (Å²) in [6.45, 7) is 0.499. The van der Waals surface area contributed by atoms with Crippen molar-refractivity contribution >= 4 is 36.7 Å². The van der Waals surface area contributed by atoms with Gasteiger partial charge in [0.05, 0.1) is 5.75 Å². The third-order valence-electron chi connectivity index (χ3n) is 2.46. The fourth-order valence-corrected chi connectivity index (χ4v) is 2.66. The van der Waals surface area contributed by atoms with E-state index in [0.29, 0.717) is 6.54 Å². The third-order valence-corrected chi connectivity index (χ3v) is 4.08. The number of halogens is 1. The number of aryl methyl sites for hydroxylation is 1. The normalized spacial score (nSPS) is 12.1. The molecule has 0 saturated carbocycles. The fraction of sp³-hybridized carbons (Fsp3) is 0.273. The highest BCUT2D eigenvalue weighted by molar-refractivity contribution is 9.10. The fourth-order valence-electron chi connectivity index (χ4n) is 1.65. The molecule has 2 aromatic rings. The zero-order chi connectivity index (χ0) is 11.8. The summed E-state index contributed by atoms with van der Waals surface area (Å²) >= 11 is 3.47. The Hall–Kier alpha value is -0.810. The van der Waals surface area contributed by atoms with Crippen molar-refractivity contribution < 1.29 is 8.42 Å². The van der Waals surface area contributed by atoms with Gasteiger partial charge in [-0.1, -0.05) is 22.0 Å². The summed E-state index contributed by atoms with van der Waals surface area (Å²) in [4.78, 5) is 0. The number of hydrogen-bond donors (Lipinski definition) is 0. The topological polar surface area (TPSA) is 39.1 Å². The molecule has 0 aliphatic heterocycles. The molecule has 0 spiro atoms. The molecule has 0 saturated heterocycles. The van der Waals surface area contributed by atoms with Crippen LogP contribution in [0.1, 0.15) is 0 Å². The first-order valence-electron chi connectivity index (χ1n) is 4.88. The largest absolute Gasteiger partial charge is 0.346 e. The summed E-state index contributed by atoms with van der Waals surface area (Å²) in [7, 11) is -2.91. The molecule has 0 radical (unpaired) electrons. The van der Waals surface area contributed by atoms with E-state index in [0.717, 1.165) is 15.4 Å². The molecule has 3 nitrogen and oxygen atoms in total. The predicted octanol–water partition coefficient (Wildman–Crippen LogP) is 2.45. The Morgan fingerprint density at radius 1 is 1.31 bits per heavy atom. The molecule has 0 bridgehead atoms. The maximum absolute atomic E-state index is 11.1. The highest BCUT2D eigenvalue weighted by atomic mass is 79.9. The van der Waals surface area contributed by atoms with E-state index < -0.39 is 9.84 Å². The van der Waals surface area contributed by atoms with Gasteiger partial charge in [0.25, 0.3) is 0 Å². The maximum Gasteiger partial charge on any atom is 0.149 e. The van der Waals surface area contributed by atoms with E-state index in [-0.39, 0.29) is 5.75 Å². The van der Waals surface area contributed by atoms with Crippen molar-refractivity contribution in [2.75, 3.05) is 12.0 Å². The van der Waals surface area contributed by atoms with Crippen molar-refractivity contribution in [3.63, 3.8) is 0 Å². The van der Waals surface area contributed by atoms with Crippen LogP contribution in [0, 0.1) is 0 Å². The van der Waals surface area contributed by atoms with Crippen molar-refractivity contribution in [2.45, 2.75) is 6.54 Å². The van der Waals surface area contributed by atoms with Crippen LogP contribution < -0.4 is 0 Å². The summed E-state index contributed by atoms with van der Waals surface area (Å²) < 4.78 is 25.2. The third kappa shape index (κ3) is 2.47. The lowest BCUT2D eigenvalue weighted by atomic mass is 10.2. The summed E-state index contributed by atoms with van der Waals surface area (Å²) in [6.07, 6.45) is 3.18. The van der Waals surface area contributed by atoms with Gasteiger partial charge in [-0.25, -0.2) is 8.42 Å². The quantitative estimate of drug-likeness (QED) is 0.873. The van der Waals surface area contributed by atoms with Crippen LogP contribution in [0.5, 0.6) is 0 Å². The van der Waals surface area contributed by atoms with Crippen LogP contribution in [0.25, 0.3) is 10.9 Å². The summed E-state index contributed by atoms with van der Waals surface area (Å²) in [5.41, 5.74) is 1.05. The smallest absolute Gasteiger partial charge is 0.149 e. The molecule has 1 aromatic heterocycles. The molecular formula is C11H12BrNO2S. The van der Waals surface area contributed by atoms with Gasteiger partial charge in [0.1, 0.15) is 9.84 Å². The Morgan fingerprint density at radius 3 is 2.75 bits per heavy atom. The number of hydrogen-bond acceptors (Lipinski definition) is 2. The lowest BCUT2D eigenvalue weighted by Gasteiger charge is -2.04. The Balaban J connectivity index is 2.36. The van der Waals surface area contributed by atoms with Gasteiger partial charge in [-0.15, -0.1) is 0 Å². The van der Waals surface area contributed by atoms with E-state index in [9.17, 15) is 8.42 Å². The van der Waals surface area contributed by atoms with E-state index in [1.54, 1.807) is 0 Å². The lowest BCUT2D eigenvalue weighted by Crippen LogP contribution is -2.10. The molecule has 0 N–H and O–H groups in total. The monoisotopic (exact) mass is 301 g/mol. The molecule has 0 amide bonds. The molecule has 0 atom stereocenters. The number of aromatic nitrogens is 1. The van der Waals surface area contributed by atoms with Crippen LogP contribution in [0.15, 0.2) is 34.9 Å². The Labute approximate surface area is 103 Å². The average Bonchev–Trinajstić information content (AvgIpc) is 2.58. The number of rotatable bonds is 3. The molecule has 0 aliphatic carbocycles. The minimum atomic E-state index is -2.91. The lowest BCUT2D eigenvalue weighted by molar-refractivity contribution is 0.596. The van der Waals surface area contributed by atoms with Crippen LogP contribution in [0.3, 0.4) is 0 Å².